The van der Waals surface area contributed by atoms with Gasteiger partial charge < -0.3 is 10.6 Å². The Morgan fingerprint density at radius 3 is 2.89 bits per heavy atom. The Labute approximate surface area is 120 Å². The van der Waals surface area contributed by atoms with Crippen LogP contribution in [-0.4, -0.2) is 30.0 Å². The number of carbonyl (C=O) groups excluding carboxylic acids is 1. The highest BCUT2D eigenvalue weighted by atomic mass is 35.5. The monoisotopic (exact) mass is 291 g/mol. The molecule has 4 nitrogen and oxygen atoms in total. The van der Waals surface area contributed by atoms with E-state index in [4.69, 9.17) is 0 Å². The summed E-state index contributed by atoms with van der Waals surface area (Å²) >= 11 is 0. The van der Waals surface area contributed by atoms with Crippen LogP contribution in [0.4, 0.5) is 0 Å². The Hall–Kier alpha value is -0.840. The molecule has 102 valence electrons. The molecule has 2 N–H and O–H groups in total. The summed E-state index contributed by atoms with van der Waals surface area (Å²) in [5, 5.41) is 6.28. The highest BCUT2D eigenvalue weighted by Gasteiger charge is 2.21. The zero-order chi connectivity index (χ0) is 11.4. The van der Waals surface area contributed by atoms with Crippen molar-refractivity contribution in [1.29, 1.82) is 0 Å². The molecule has 1 aromatic rings. The van der Waals surface area contributed by atoms with Gasteiger partial charge in [0.15, 0.2) is 0 Å². The molecular formula is C12H19Cl2N3O. The van der Waals surface area contributed by atoms with E-state index in [1.807, 2.05) is 19.1 Å². The number of rotatable bonds is 3. The normalized spacial score (nSPS) is 19.3. The van der Waals surface area contributed by atoms with E-state index in [2.05, 4.69) is 15.6 Å². The quantitative estimate of drug-likeness (QED) is 0.888. The number of hydrogen-bond donors (Lipinski definition) is 2. The number of carbonyl (C=O) groups is 1. The van der Waals surface area contributed by atoms with Crippen LogP contribution in [0, 0.1) is 0 Å². The minimum atomic E-state index is -0.130. The van der Waals surface area contributed by atoms with Crippen molar-refractivity contribution in [2.75, 3.05) is 13.1 Å². The molecule has 0 saturated carbocycles. The van der Waals surface area contributed by atoms with Crippen LogP contribution in [0.3, 0.4) is 0 Å². The van der Waals surface area contributed by atoms with Gasteiger partial charge in [0.25, 0.3) is 0 Å². The van der Waals surface area contributed by atoms with E-state index < -0.39 is 0 Å². The fraction of sp³-hybridized carbons (Fsp3) is 0.500. The van der Waals surface area contributed by atoms with Gasteiger partial charge in [0.2, 0.25) is 5.91 Å². The topological polar surface area (TPSA) is 54.0 Å². The van der Waals surface area contributed by atoms with Crippen LogP contribution in [0.1, 0.15) is 24.8 Å². The third kappa shape index (κ3) is 4.44. The smallest absolute Gasteiger partial charge is 0.227 e. The maximum absolute atomic E-state index is 11.9. The van der Waals surface area contributed by atoms with Crippen LogP contribution >= 0.6 is 24.8 Å². The summed E-state index contributed by atoms with van der Waals surface area (Å²) in [5.41, 5.74) is 0.964. The molecule has 1 aliphatic rings. The zero-order valence-electron chi connectivity index (χ0n) is 10.3. The molecule has 2 rings (SSSR count). The van der Waals surface area contributed by atoms with Crippen molar-refractivity contribution in [2.24, 2.45) is 0 Å². The summed E-state index contributed by atoms with van der Waals surface area (Å²) in [6, 6.07) is 4.08. The Balaban J connectivity index is 0.00000144. The van der Waals surface area contributed by atoms with Crippen molar-refractivity contribution >= 4 is 30.7 Å². The summed E-state index contributed by atoms with van der Waals surface area (Å²) in [6.07, 6.45) is 4.48. The van der Waals surface area contributed by atoms with Gasteiger partial charge in [-0.15, -0.1) is 24.8 Å². The summed E-state index contributed by atoms with van der Waals surface area (Å²) < 4.78 is 0. The molecule has 1 aliphatic heterocycles. The molecule has 0 radical (unpaired) electrons. The first kappa shape index (κ1) is 17.2. The lowest BCUT2D eigenvalue weighted by atomic mass is 10.0. The van der Waals surface area contributed by atoms with Gasteiger partial charge in [-0.1, -0.05) is 6.07 Å². The van der Waals surface area contributed by atoms with Crippen molar-refractivity contribution in [3.05, 3.63) is 30.1 Å². The lowest BCUT2D eigenvalue weighted by Gasteiger charge is -2.16. The van der Waals surface area contributed by atoms with E-state index in [0.29, 0.717) is 0 Å². The van der Waals surface area contributed by atoms with Gasteiger partial charge in [0.1, 0.15) is 0 Å². The van der Waals surface area contributed by atoms with Gasteiger partial charge in [-0.3, -0.25) is 9.78 Å². The molecule has 6 heteroatoms. The summed E-state index contributed by atoms with van der Waals surface area (Å²) in [5.74, 6) is -0.0454. The summed E-state index contributed by atoms with van der Waals surface area (Å²) in [4.78, 5) is 16.0. The predicted octanol–water partition coefficient (Wildman–Crippen LogP) is 1.51. The van der Waals surface area contributed by atoms with Crippen LogP contribution in [-0.2, 0) is 4.79 Å². The van der Waals surface area contributed by atoms with Gasteiger partial charge >= 0.3 is 0 Å². The van der Waals surface area contributed by atoms with E-state index in [0.717, 1.165) is 25.1 Å². The van der Waals surface area contributed by atoms with Crippen molar-refractivity contribution in [3.8, 4) is 0 Å². The number of hydrogen-bond acceptors (Lipinski definition) is 3. The van der Waals surface area contributed by atoms with Crippen LogP contribution in [0.15, 0.2) is 24.5 Å². The number of pyridine rings is 1. The molecule has 2 unspecified atom stereocenters. The molecule has 1 fully saturated rings. The minimum absolute atomic E-state index is 0. The van der Waals surface area contributed by atoms with E-state index in [-0.39, 0.29) is 42.7 Å². The standard InChI is InChI=1S/C12H17N3O.2ClH/c1-9(10-3-2-5-13-7-10)12(16)15-11-4-6-14-8-11;;/h2-3,5,7,9,11,14H,4,6,8H2,1H3,(H,15,16);2*1H. The molecule has 0 spiro atoms. The van der Waals surface area contributed by atoms with Gasteiger partial charge in [-0.25, -0.2) is 0 Å². The molecule has 0 aromatic carbocycles. The second kappa shape index (κ2) is 8.29. The number of halogens is 2. The molecule has 2 heterocycles. The van der Waals surface area contributed by atoms with Crippen LogP contribution < -0.4 is 10.6 Å². The second-order valence-electron chi connectivity index (χ2n) is 4.21. The molecule has 1 amide bonds. The Morgan fingerprint density at radius 2 is 2.33 bits per heavy atom. The number of nitrogens with one attached hydrogen (secondary N) is 2. The van der Waals surface area contributed by atoms with Crippen LogP contribution in [0.25, 0.3) is 0 Å². The lowest BCUT2D eigenvalue weighted by molar-refractivity contribution is -0.122. The molecule has 18 heavy (non-hydrogen) atoms. The van der Waals surface area contributed by atoms with E-state index in [9.17, 15) is 4.79 Å². The van der Waals surface area contributed by atoms with E-state index in [1.54, 1.807) is 12.4 Å². The molecule has 0 bridgehead atoms. The largest absolute Gasteiger partial charge is 0.352 e. The predicted molar refractivity (Wildman–Crippen MR) is 76.6 cm³/mol. The first-order chi connectivity index (χ1) is 7.77. The van der Waals surface area contributed by atoms with Crippen molar-refractivity contribution in [2.45, 2.75) is 25.3 Å². The molecule has 0 aliphatic carbocycles. The summed E-state index contributed by atoms with van der Waals surface area (Å²) in [6.45, 7) is 3.78. The first-order valence-corrected chi connectivity index (χ1v) is 5.68. The van der Waals surface area contributed by atoms with Crippen molar-refractivity contribution in [1.82, 2.24) is 15.6 Å². The van der Waals surface area contributed by atoms with Gasteiger partial charge in [0.05, 0.1) is 5.92 Å². The number of amides is 1. The average molecular weight is 292 g/mol. The molecule has 2 atom stereocenters. The fourth-order valence-electron chi connectivity index (χ4n) is 1.89. The fourth-order valence-corrected chi connectivity index (χ4v) is 1.89. The van der Waals surface area contributed by atoms with Crippen LogP contribution in [0.2, 0.25) is 0 Å². The highest BCUT2D eigenvalue weighted by molar-refractivity contribution is 5.85. The van der Waals surface area contributed by atoms with Crippen molar-refractivity contribution in [3.63, 3.8) is 0 Å². The lowest BCUT2D eigenvalue weighted by Crippen LogP contribution is -2.38. The van der Waals surface area contributed by atoms with E-state index in [1.165, 1.54) is 0 Å². The molecule has 1 saturated heterocycles. The highest BCUT2D eigenvalue weighted by Crippen LogP contribution is 2.14. The Bertz CT molecular complexity index is 356. The maximum Gasteiger partial charge on any atom is 0.227 e. The van der Waals surface area contributed by atoms with Crippen LogP contribution in [0.5, 0.6) is 0 Å². The number of aromatic nitrogens is 1. The summed E-state index contributed by atoms with van der Waals surface area (Å²) in [7, 11) is 0. The average Bonchev–Trinajstić information content (AvgIpc) is 2.82. The van der Waals surface area contributed by atoms with Gasteiger partial charge in [0, 0.05) is 25.0 Å². The molecular weight excluding hydrogens is 273 g/mol. The SMILES string of the molecule is CC(C(=O)NC1CCNC1)c1cccnc1.Cl.Cl. The van der Waals surface area contributed by atoms with Gasteiger partial charge in [-0.2, -0.15) is 0 Å². The van der Waals surface area contributed by atoms with E-state index >= 15 is 0 Å². The van der Waals surface area contributed by atoms with Crippen molar-refractivity contribution < 1.29 is 4.79 Å². The Morgan fingerprint density at radius 1 is 1.56 bits per heavy atom. The maximum atomic E-state index is 11.9. The van der Waals surface area contributed by atoms with Gasteiger partial charge in [-0.05, 0) is 31.5 Å². The number of nitrogens with zero attached hydrogens (tertiary/aromatic N) is 1. The third-order valence-corrected chi connectivity index (χ3v) is 2.98. The minimum Gasteiger partial charge on any atom is -0.352 e. The Kier molecular flexibility index (Phi) is 7.91. The third-order valence-electron chi connectivity index (χ3n) is 2.98. The molecule has 1 aromatic heterocycles. The second-order valence-corrected chi connectivity index (χ2v) is 4.21. The first-order valence-electron chi connectivity index (χ1n) is 5.68. The zero-order valence-corrected chi connectivity index (χ0v) is 11.9.